The monoisotopic (exact) mass is 352 g/mol. The number of anilines is 1. The average Bonchev–Trinajstić information content (AvgIpc) is 2.68. The fourth-order valence-corrected chi connectivity index (χ4v) is 2.64. The van der Waals surface area contributed by atoms with Crippen LogP contribution in [0.1, 0.15) is 31.2 Å². The summed E-state index contributed by atoms with van der Waals surface area (Å²) in [5, 5.41) is 13.7. The number of aliphatic hydroxyl groups excluding tert-OH is 1. The summed E-state index contributed by atoms with van der Waals surface area (Å²) in [6, 6.07) is 11.1. The molecule has 0 aliphatic carbocycles. The van der Waals surface area contributed by atoms with Crippen LogP contribution in [-0.4, -0.2) is 26.1 Å². The van der Waals surface area contributed by atoms with Crippen molar-refractivity contribution in [3.8, 4) is 11.4 Å². The van der Waals surface area contributed by atoms with Gasteiger partial charge in [-0.05, 0) is 43.2 Å². The Kier molecular flexibility index (Phi) is 5.53. The van der Waals surface area contributed by atoms with Crippen molar-refractivity contribution in [3.05, 3.63) is 71.9 Å². The van der Waals surface area contributed by atoms with Gasteiger partial charge in [-0.15, -0.1) is 0 Å². The lowest BCUT2D eigenvalue weighted by Crippen LogP contribution is -2.25. The van der Waals surface area contributed by atoms with Gasteiger partial charge in [-0.3, -0.25) is 4.98 Å². The minimum atomic E-state index is -0.792. The summed E-state index contributed by atoms with van der Waals surface area (Å²) in [6.07, 6.45) is 3.38. The highest BCUT2D eigenvalue weighted by atomic mass is 19.1. The molecule has 134 valence electrons. The number of aromatic nitrogens is 3. The molecule has 2 heterocycles. The van der Waals surface area contributed by atoms with Crippen molar-refractivity contribution in [2.75, 3.05) is 5.32 Å². The van der Waals surface area contributed by atoms with Gasteiger partial charge < -0.3 is 10.4 Å². The fraction of sp³-hybridized carbons (Fsp3) is 0.250. The normalized spacial score (nSPS) is 13.2. The van der Waals surface area contributed by atoms with E-state index < -0.39 is 6.10 Å². The van der Waals surface area contributed by atoms with E-state index in [0.29, 0.717) is 17.2 Å². The number of hydrogen-bond acceptors (Lipinski definition) is 5. The summed E-state index contributed by atoms with van der Waals surface area (Å²) in [4.78, 5) is 13.1. The Hall–Kier alpha value is -2.86. The van der Waals surface area contributed by atoms with E-state index in [9.17, 15) is 9.50 Å². The lowest BCUT2D eigenvalue weighted by atomic mass is 10.0. The maximum atomic E-state index is 13.1. The van der Waals surface area contributed by atoms with E-state index in [2.05, 4.69) is 20.3 Å². The molecule has 0 saturated heterocycles. The molecule has 0 bridgehead atoms. The maximum absolute atomic E-state index is 13.1. The Labute approximate surface area is 152 Å². The largest absolute Gasteiger partial charge is 0.386 e. The van der Waals surface area contributed by atoms with E-state index in [1.807, 2.05) is 32.0 Å². The maximum Gasteiger partial charge on any atom is 0.161 e. The third kappa shape index (κ3) is 4.21. The van der Waals surface area contributed by atoms with Gasteiger partial charge in [0.25, 0.3) is 0 Å². The summed E-state index contributed by atoms with van der Waals surface area (Å²) >= 11 is 0. The molecule has 2 unspecified atom stereocenters. The van der Waals surface area contributed by atoms with Crippen molar-refractivity contribution < 1.29 is 9.50 Å². The Balaban J connectivity index is 1.83. The van der Waals surface area contributed by atoms with E-state index in [-0.39, 0.29) is 11.9 Å². The number of nitrogens with one attached hydrogen (secondary N) is 1. The first-order valence-electron chi connectivity index (χ1n) is 8.55. The first kappa shape index (κ1) is 17.9. The molecule has 0 radical (unpaired) electrons. The zero-order valence-electron chi connectivity index (χ0n) is 14.7. The summed E-state index contributed by atoms with van der Waals surface area (Å²) < 4.78 is 13.1. The van der Waals surface area contributed by atoms with Gasteiger partial charge in [0.1, 0.15) is 11.6 Å². The topological polar surface area (TPSA) is 70.9 Å². The fourth-order valence-electron chi connectivity index (χ4n) is 2.64. The van der Waals surface area contributed by atoms with Crippen molar-refractivity contribution in [2.24, 2.45) is 0 Å². The molecule has 0 fully saturated rings. The van der Waals surface area contributed by atoms with Crippen LogP contribution in [0.25, 0.3) is 11.4 Å². The van der Waals surface area contributed by atoms with E-state index in [1.165, 1.54) is 12.1 Å². The van der Waals surface area contributed by atoms with Gasteiger partial charge in [0.2, 0.25) is 0 Å². The number of aryl methyl sites for hydroxylation is 1. The molecule has 0 spiro atoms. The van der Waals surface area contributed by atoms with Crippen LogP contribution in [0.5, 0.6) is 0 Å². The molecule has 5 nitrogen and oxygen atoms in total. The highest BCUT2D eigenvalue weighted by molar-refractivity contribution is 5.57. The lowest BCUT2D eigenvalue weighted by molar-refractivity contribution is 0.160. The predicted octanol–water partition coefficient (Wildman–Crippen LogP) is 3.77. The Morgan fingerprint density at radius 3 is 2.42 bits per heavy atom. The van der Waals surface area contributed by atoms with Gasteiger partial charge >= 0.3 is 0 Å². The second-order valence-electron chi connectivity index (χ2n) is 6.09. The molecule has 0 aliphatic rings. The van der Waals surface area contributed by atoms with Crippen LogP contribution in [0, 0.1) is 5.82 Å². The van der Waals surface area contributed by atoms with Gasteiger partial charge in [-0.2, -0.15) is 0 Å². The molecule has 0 amide bonds. The summed E-state index contributed by atoms with van der Waals surface area (Å²) in [5.74, 6) is 0.919. The predicted molar refractivity (Wildman–Crippen MR) is 99.1 cm³/mol. The summed E-state index contributed by atoms with van der Waals surface area (Å²) in [5.41, 5.74) is 2.42. The van der Waals surface area contributed by atoms with Crippen molar-refractivity contribution >= 4 is 5.82 Å². The van der Waals surface area contributed by atoms with Gasteiger partial charge in [-0.1, -0.05) is 19.1 Å². The molecule has 3 aromatic rings. The number of hydrogen-bond donors (Lipinski definition) is 2. The van der Waals surface area contributed by atoms with Crippen LogP contribution >= 0.6 is 0 Å². The molecular weight excluding hydrogens is 331 g/mol. The molecule has 26 heavy (non-hydrogen) atoms. The summed E-state index contributed by atoms with van der Waals surface area (Å²) in [7, 11) is 0. The van der Waals surface area contributed by atoms with Crippen LogP contribution < -0.4 is 5.32 Å². The summed E-state index contributed by atoms with van der Waals surface area (Å²) in [6.45, 7) is 3.88. The third-order valence-electron chi connectivity index (χ3n) is 4.14. The number of halogens is 1. The zero-order valence-corrected chi connectivity index (χ0v) is 14.7. The second-order valence-corrected chi connectivity index (χ2v) is 6.09. The number of aliphatic hydroxyl groups is 1. The van der Waals surface area contributed by atoms with Gasteiger partial charge in [0, 0.05) is 29.7 Å². The Morgan fingerprint density at radius 2 is 1.77 bits per heavy atom. The molecule has 0 aliphatic heterocycles. The van der Waals surface area contributed by atoms with Crippen LogP contribution in [0.3, 0.4) is 0 Å². The average molecular weight is 352 g/mol. The zero-order chi connectivity index (χ0) is 18.5. The van der Waals surface area contributed by atoms with Crippen LogP contribution in [0.2, 0.25) is 0 Å². The highest BCUT2D eigenvalue weighted by Crippen LogP contribution is 2.22. The molecule has 6 heteroatoms. The Morgan fingerprint density at radius 1 is 1.08 bits per heavy atom. The SMILES string of the molecule is CCc1cc(NC(C)C(O)c2ccc(F)cc2)nc(-c2ccncc2)n1. The third-order valence-corrected chi connectivity index (χ3v) is 4.14. The molecule has 2 atom stereocenters. The van der Waals surface area contributed by atoms with E-state index in [0.717, 1.165) is 17.7 Å². The van der Waals surface area contributed by atoms with Crippen LogP contribution in [-0.2, 0) is 6.42 Å². The van der Waals surface area contributed by atoms with Crippen LogP contribution in [0.15, 0.2) is 54.9 Å². The number of benzene rings is 1. The quantitative estimate of drug-likeness (QED) is 0.706. The molecule has 3 rings (SSSR count). The van der Waals surface area contributed by atoms with E-state index in [1.54, 1.807) is 24.5 Å². The number of nitrogens with zero attached hydrogens (tertiary/aromatic N) is 3. The van der Waals surface area contributed by atoms with Gasteiger partial charge in [0.15, 0.2) is 5.82 Å². The van der Waals surface area contributed by atoms with Crippen molar-refractivity contribution in [1.82, 2.24) is 15.0 Å². The molecule has 1 aromatic carbocycles. The lowest BCUT2D eigenvalue weighted by Gasteiger charge is -2.21. The van der Waals surface area contributed by atoms with Gasteiger partial charge in [0.05, 0.1) is 12.1 Å². The molecular formula is C20H21FN4O. The molecule has 2 aromatic heterocycles. The van der Waals surface area contributed by atoms with Crippen LogP contribution in [0.4, 0.5) is 10.2 Å². The standard InChI is InChI=1S/C20H21FN4O/c1-3-17-12-18(25-20(24-17)15-8-10-22-11-9-15)23-13(2)19(26)14-4-6-16(21)7-5-14/h4-13,19,26H,3H2,1-2H3,(H,23,24,25). The minimum absolute atomic E-state index is 0.314. The van der Waals surface area contributed by atoms with Crippen molar-refractivity contribution in [3.63, 3.8) is 0 Å². The van der Waals surface area contributed by atoms with Crippen molar-refractivity contribution in [2.45, 2.75) is 32.4 Å². The molecule has 0 saturated carbocycles. The van der Waals surface area contributed by atoms with Crippen molar-refractivity contribution in [1.29, 1.82) is 0 Å². The first-order chi connectivity index (χ1) is 12.6. The Bertz CT molecular complexity index is 855. The second kappa shape index (κ2) is 8.01. The minimum Gasteiger partial charge on any atom is -0.386 e. The van der Waals surface area contributed by atoms with E-state index >= 15 is 0 Å². The first-order valence-corrected chi connectivity index (χ1v) is 8.55. The smallest absolute Gasteiger partial charge is 0.161 e. The van der Waals surface area contributed by atoms with Gasteiger partial charge in [-0.25, -0.2) is 14.4 Å². The van der Waals surface area contributed by atoms with E-state index in [4.69, 9.17) is 0 Å². The number of rotatable bonds is 6. The highest BCUT2D eigenvalue weighted by Gasteiger charge is 2.17. The number of pyridine rings is 1. The molecule has 2 N–H and O–H groups in total.